The van der Waals surface area contributed by atoms with Crippen molar-refractivity contribution >= 4 is 6.03 Å². The van der Waals surface area contributed by atoms with Crippen LogP contribution in [-0.4, -0.2) is 61.8 Å². The van der Waals surface area contributed by atoms with Crippen molar-refractivity contribution in [2.45, 2.75) is 45.2 Å². The molecule has 0 aromatic heterocycles. The Morgan fingerprint density at radius 2 is 2.00 bits per heavy atom. The summed E-state index contributed by atoms with van der Waals surface area (Å²) in [6.07, 6.45) is 5.02. The lowest BCUT2D eigenvalue weighted by molar-refractivity contribution is 0.161. The van der Waals surface area contributed by atoms with Gasteiger partial charge >= 0.3 is 6.03 Å². The smallest absolute Gasteiger partial charge is 0.317 e. The lowest BCUT2D eigenvalue weighted by Crippen LogP contribution is -2.43. The molecule has 144 valence electrons. The molecule has 1 N–H and O–H groups in total. The number of methoxy groups -OCH3 is 1. The molecule has 1 atom stereocenters. The fraction of sp³-hybridized carbons (Fsp3) is 0.650. The number of nitrogens with zero attached hydrogens (tertiary/aromatic N) is 2. The SMILES string of the molecule is CCOc1cc(CNC(=O)N2CC[C@H](N3CCCCC3)C2)ccc1OC. The summed E-state index contributed by atoms with van der Waals surface area (Å²) in [6.45, 7) is 7.09. The number of hydrogen-bond acceptors (Lipinski definition) is 4. The van der Waals surface area contributed by atoms with E-state index in [1.54, 1.807) is 7.11 Å². The first-order valence-corrected chi connectivity index (χ1v) is 9.77. The zero-order chi connectivity index (χ0) is 18.4. The molecule has 0 aliphatic carbocycles. The zero-order valence-corrected chi connectivity index (χ0v) is 16.0. The molecule has 0 bridgehead atoms. The number of ether oxygens (including phenoxy) is 2. The summed E-state index contributed by atoms with van der Waals surface area (Å²) in [5.74, 6) is 1.43. The lowest BCUT2D eigenvalue weighted by Gasteiger charge is -2.32. The van der Waals surface area contributed by atoms with Crippen molar-refractivity contribution in [1.82, 2.24) is 15.1 Å². The molecule has 2 aliphatic heterocycles. The number of urea groups is 1. The average Bonchev–Trinajstić information content (AvgIpc) is 3.17. The predicted molar refractivity (Wildman–Crippen MR) is 102 cm³/mol. The van der Waals surface area contributed by atoms with Gasteiger partial charge in [-0.05, 0) is 57.0 Å². The van der Waals surface area contributed by atoms with E-state index < -0.39 is 0 Å². The van der Waals surface area contributed by atoms with Gasteiger partial charge in [-0.2, -0.15) is 0 Å². The van der Waals surface area contributed by atoms with Crippen LogP contribution in [0.15, 0.2) is 18.2 Å². The molecule has 26 heavy (non-hydrogen) atoms. The van der Waals surface area contributed by atoms with Gasteiger partial charge in [0.1, 0.15) is 0 Å². The molecule has 3 rings (SSSR count). The Balaban J connectivity index is 1.50. The van der Waals surface area contributed by atoms with Gasteiger partial charge in [-0.15, -0.1) is 0 Å². The molecule has 2 aliphatic rings. The Bertz CT molecular complexity index is 602. The Hall–Kier alpha value is -1.95. The summed E-state index contributed by atoms with van der Waals surface area (Å²) in [4.78, 5) is 17.0. The summed E-state index contributed by atoms with van der Waals surface area (Å²) in [7, 11) is 1.63. The van der Waals surface area contributed by atoms with E-state index in [0.29, 0.717) is 30.7 Å². The first kappa shape index (κ1) is 18.8. The van der Waals surface area contributed by atoms with Crippen molar-refractivity contribution in [3.8, 4) is 11.5 Å². The van der Waals surface area contributed by atoms with Gasteiger partial charge in [0.05, 0.1) is 13.7 Å². The molecule has 0 unspecified atom stereocenters. The number of nitrogens with one attached hydrogen (secondary N) is 1. The largest absolute Gasteiger partial charge is 0.493 e. The van der Waals surface area contributed by atoms with E-state index in [4.69, 9.17) is 9.47 Å². The molecule has 2 heterocycles. The van der Waals surface area contributed by atoms with Crippen molar-refractivity contribution in [2.24, 2.45) is 0 Å². The quantitative estimate of drug-likeness (QED) is 0.847. The van der Waals surface area contributed by atoms with Gasteiger partial charge < -0.3 is 19.7 Å². The lowest BCUT2D eigenvalue weighted by atomic mass is 10.1. The normalized spacial score (nSPS) is 20.8. The van der Waals surface area contributed by atoms with E-state index in [9.17, 15) is 4.79 Å². The van der Waals surface area contributed by atoms with E-state index >= 15 is 0 Å². The molecule has 1 aromatic rings. The van der Waals surface area contributed by atoms with Gasteiger partial charge in [-0.1, -0.05) is 12.5 Å². The second-order valence-corrected chi connectivity index (χ2v) is 7.06. The van der Waals surface area contributed by atoms with Crippen molar-refractivity contribution in [1.29, 1.82) is 0 Å². The molecule has 1 aromatic carbocycles. The maximum atomic E-state index is 12.5. The Labute approximate surface area is 156 Å². The van der Waals surface area contributed by atoms with Crippen molar-refractivity contribution in [2.75, 3.05) is 39.9 Å². The number of benzene rings is 1. The third-order valence-electron chi connectivity index (χ3n) is 5.33. The van der Waals surface area contributed by atoms with Crippen molar-refractivity contribution in [3.63, 3.8) is 0 Å². The number of likely N-dealkylation sites (tertiary alicyclic amines) is 2. The number of carbonyl (C=O) groups is 1. The van der Waals surface area contributed by atoms with Crippen LogP contribution in [0.2, 0.25) is 0 Å². The molecule has 2 saturated heterocycles. The molecular formula is C20H31N3O3. The highest BCUT2D eigenvalue weighted by Crippen LogP contribution is 2.28. The minimum atomic E-state index is 0.0262. The topological polar surface area (TPSA) is 54.0 Å². The second kappa shape index (κ2) is 9.12. The van der Waals surface area contributed by atoms with E-state index in [0.717, 1.165) is 25.1 Å². The molecule has 6 heteroatoms. The third kappa shape index (κ3) is 4.61. The monoisotopic (exact) mass is 361 g/mol. The van der Waals surface area contributed by atoms with Crippen molar-refractivity contribution < 1.29 is 14.3 Å². The predicted octanol–water partition coefficient (Wildman–Crippen LogP) is 2.86. The van der Waals surface area contributed by atoms with Crippen LogP contribution in [0.4, 0.5) is 4.79 Å². The Morgan fingerprint density at radius 3 is 2.73 bits per heavy atom. The fourth-order valence-electron chi connectivity index (χ4n) is 3.90. The van der Waals surface area contributed by atoms with Gasteiger partial charge in [0.15, 0.2) is 11.5 Å². The molecule has 0 saturated carbocycles. The Morgan fingerprint density at radius 1 is 1.19 bits per heavy atom. The Kier molecular flexibility index (Phi) is 6.61. The van der Waals surface area contributed by atoms with Gasteiger partial charge in [0.2, 0.25) is 0 Å². The van der Waals surface area contributed by atoms with Crippen molar-refractivity contribution in [3.05, 3.63) is 23.8 Å². The first-order valence-electron chi connectivity index (χ1n) is 9.77. The number of carbonyl (C=O) groups excluding carboxylic acids is 1. The molecular weight excluding hydrogens is 330 g/mol. The minimum absolute atomic E-state index is 0.0262. The zero-order valence-electron chi connectivity index (χ0n) is 16.0. The summed E-state index contributed by atoms with van der Waals surface area (Å²) >= 11 is 0. The first-order chi connectivity index (χ1) is 12.7. The van der Waals surface area contributed by atoms with Crippen LogP contribution in [0.5, 0.6) is 11.5 Å². The highest BCUT2D eigenvalue weighted by atomic mass is 16.5. The van der Waals surface area contributed by atoms with Crippen LogP contribution in [0.1, 0.15) is 38.2 Å². The number of hydrogen-bond donors (Lipinski definition) is 1. The van der Waals surface area contributed by atoms with Gasteiger partial charge in [0.25, 0.3) is 0 Å². The van der Waals surface area contributed by atoms with E-state index in [-0.39, 0.29) is 6.03 Å². The van der Waals surface area contributed by atoms with Crippen LogP contribution in [0.3, 0.4) is 0 Å². The highest BCUT2D eigenvalue weighted by Gasteiger charge is 2.30. The van der Waals surface area contributed by atoms with Crippen LogP contribution in [-0.2, 0) is 6.54 Å². The van der Waals surface area contributed by atoms with Crippen LogP contribution >= 0.6 is 0 Å². The average molecular weight is 361 g/mol. The van der Waals surface area contributed by atoms with E-state index in [1.807, 2.05) is 30.0 Å². The third-order valence-corrected chi connectivity index (χ3v) is 5.33. The summed E-state index contributed by atoms with van der Waals surface area (Å²) in [6, 6.07) is 6.34. The standard InChI is InChI=1S/C20H31N3O3/c1-3-26-19-13-16(7-8-18(19)25-2)14-21-20(24)23-12-9-17(15-23)22-10-5-4-6-11-22/h7-8,13,17H,3-6,9-12,14-15H2,1-2H3,(H,21,24)/t17-/m0/s1. The maximum absolute atomic E-state index is 12.5. The van der Waals surface area contributed by atoms with E-state index in [2.05, 4.69) is 10.2 Å². The molecule has 2 fully saturated rings. The van der Waals surface area contributed by atoms with Gasteiger partial charge in [0, 0.05) is 25.7 Å². The maximum Gasteiger partial charge on any atom is 0.317 e. The minimum Gasteiger partial charge on any atom is -0.493 e. The van der Waals surface area contributed by atoms with Crippen LogP contribution in [0.25, 0.3) is 0 Å². The molecule has 0 radical (unpaired) electrons. The molecule has 6 nitrogen and oxygen atoms in total. The summed E-state index contributed by atoms with van der Waals surface area (Å²) in [5, 5.41) is 3.04. The van der Waals surface area contributed by atoms with Crippen LogP contribution < -0.4 is 14.8 Å². The van der Waals surface area contributed by atoms with Gasteiger partial charge in [-0.3, -0.25) is 4.90 Å². The molecule has 2 amide bonds. The molecule has 0 spiro atoms. The number of rotatable bonds is 6. The van der Waals surface area contributed by atoms with E-state index in [1.165, 1.54) is 32.4 Å². The van der Waals surface area contributed by atoms with Gasteiger partial charge in [-0.25, -0.2) is 4.79 Å². The second-order valence-electron chi connectivity index (χ2n) is 7.06. The summed E-state index contributed by atoms with van der Waals surface area (Å²) < 4.78 is 10.9. The summed E-state index contributed by atoms with van der Waals surface area (Å²) in [5.41, 5.74) is 1.01. The number of amides is 2. The van der Waals surface area contributed by atoms with Crippen LogP contribution in [0, 0.1) is 0 Å². The fourth-order valence-corrected chi connectivity index (χ4v) is 3.90. The highest BCUT2D eigenvalue weighted by molar-refractivity contribution is 5.74. The number of piperidine rings is 1.